The van der Waals surface area contributed by atoms with E-state index in [-0.39, 0.29) is 5.56 Å². The number of carbonyl (C=O) groups is 1. The molecule has 2 aromatic rings. The lowest BCUT2D eigenvalue weighted by atomic mass is 10.1. The van der Waals surface area contributed by atoms with Crippen LogP contribution < -0.4 is 5.32 Å². The Bertz CT molecular complexity index is 504. The summed E-state index contributed by atoms with van der Waals surface area (Å²) in [5, 5.41) is 16.3. The third-order valence-electron chi connectivity index (χ3n) is 2.65. The van der Waals surface area contributed by atoms with Crippen LogP contribution in [0.2, 0.25) is 0 Å². The molecule has 96 valence electrons. The second-order valence-electron chi connectivity index (χ2n) is 4.22. The highest BCUT2D eigenvalue weighted by Gasteiger charge is 2.09. The average Bonchev–Trinajstić information content (AvgIpc) is 2.96. The Morgan fingerprint density at radius 1 is 1.61 bits per heavy atom. The van der Waals surface area contributed by atoms with Gasteiger partial charge in [-0.05, 0) is 41.8 Å². The molecule has 0 aliphatic carbocycles. The summed E-state index contributed by atoms with van der Waals surface area (Å²) in [4.78, 5) is 10.7. The van der Waals surface area contributed by atoms with E-state index in [1.54, 1.807) is 17.4 Å². The van der Waals surface area contributed by atoms with Crippen LogP contribution in [0, 0.1) is 0 Å². The molecule has 4 nitrogen and oxygen atoms in total. The summed E-state index contributed by atoms with van der Waals surface area (Å²) >= 11 is 1.69. The summed E-state index contributed by atoms with van der Waals surface area (Å²) in [5.41, 5.74) is 1.50. The minimum Gasteiger partial charge on any atom is -0.478 e. The molecule has 2 rings (SSSR count). The molecule has 1 atom stereocenters. The summed E-state index contributed by atoms with van der Waals surface area (Å²) in [7, 11) is 0. The smallest absolute Gasteiger partial charge is 0.338 e. The lowest BCUT2D eigenvalue weighted by Gasteiger charge is -2.11. The standard InChI is InChI=1S/C13H15NO3S/c1-9(4-10-2-3-18-8-10)14-6-12-5-11(7-17-12)13(15)16/h2-3,5,7-9,14H,4,6H2,1H3,(H,15,16). The SMILES string of the molecule is CC(Cc1ccsc1)NCc1cc(C(=O)O)co1. The molecule has 18 heavy (non-hydrogen) atoms. The van der Waals surface area contributed by atoms with Crippen molar-refractivity contribution >= 4 is 17.3 Å². The predicted octanol–water partition coefficient (Wildman–Crippen LogP) is 2.76. The van der Waals surface area contributed by atoms with Gasteiger partial charge in [0.1, 0.15) is 12.0 Å². The zero-order chi connectivity index (χ0) is 13.0. The van der Waals surface area contributed by atoms with Crippen LogP contribution in [0.15, 0.2) is 33.6 Å². The van der Waals surface area contributed by atoms with Gasteiger partial charge in [-0.1, -0.05) is 0 Å². The Hall–Kier alpha value is -1.59. The number of nitrogens with one attached hydrogen (secondary N) is 1. The number of rotatable bonds is 6. The Morgan fingerprint density at radius 3 is 3.06 bits per heavy atom. The molecule has 0 aromatic carbocycles. The van der Waals surface area contributed by atoms with Crippen LogP contribution in [0.5, 0.6) is 0 Å². The van der Waals surface area contributed by atoms with Crippen LogP contribution in [0.25, 0.3) is 0 Å². The first kappa shape index (κ1) is 12.9. The Labute approximate surface area is 109 Å². The Balaban J connectivity index is 1.81. The van der Waals surface area contributed by atoms with Crippen LogP contribution in [0.3, 0.4) is 0 Å². The molecule has 5 heteroatoms. The van der Waals surface area contributed by atoms with E-state index in [0.29, 0.717) is 18.3 Å². The molecule has 2 heterocycles. The van der Waals surface area contributed by atoms with Gasteiger partial charge in [0.15, 0.2) is 0 Å². The van der Waals surface area contributed by atoms with E-state index < -0.39 is 5.97 Å². The Kier molecular flexibility index (Phi) is 4.17. The molecule has 0 bridgehead atoms. The number of hydrogen-bond donors (Lipinski definition) is 2. The molecular formula is C13H15NO3S. The number of thiophene rings is 1. The summed E-state index contributed by atoms with van der Waals surface area (Å²) in [6.45, 7) is 2.64. The highest BCUT2D eigenvalue weighted by Crippen LogP contribution is 2.10. The minimum absolute atomic E-state index is 0.192. The number of furan rings is 1. The molecule has 0 spiro atoms. The zero-order valence-electron chi connectivity index (χ0n) is 10.1. The highest BCUT2D eigenvalue weighted by atomic mass is 32.1. The van der Waals surface area contributed by atoms with Crippen molar-refractivity contribution in [2.45, 2.75) is 25.9 Å². The van der Waals surface area contributed by atoms with Gasteiger partial charge in [-0.15, -0.1) is 0 Å². The van der Waals surface area contributed by atoms with E-state index >= 15 is 0 Å². The van der Waals surface area contributed by atoms with Gasteiger partial charge in [-0.25, -0.2) is 4.79 Å². The molecule has 1 unspecified atom stereocenters. The second-order valence-corrected chi connectivity index (χ2v) is 5.00. The summed E-state index contributed by atoms with van der Waals surface area (Å²) in [6.07, 6.45) is 2.22. The number of carboxylic acid groups (broad SMARTS) is 1. The fourth-order valence-electron chi connectivity index (χ4n) is 1.69. The monoisotopic (exact) mass is 265 g/mol. The van der Waals surface area contributed by atoms with Gasteiger partial charge in [0.05, 0.1) is 12.1 Å². The Morgan fingerprint density at radius 2 is 2.44 bits per heavy atom. The molecule has 2 aromatic heterocycles. The van der Waals surface area contributed by atoms with E-state index in [4.69, 9.17) is 9.52 Å². The molecule has 0 amide bonds. The molecule has 0 aliphatic heterocycles. The molecule has 0 fully saturated rings. The molecule has 0 saturated carbocycles. The van der Waals surface area contributed by atoms with Crippen molar-refractivity contribution < 1.29 is 14.3 Å². The van der Waals surface area contributed by atoms with E-state index in [1.807, 2.05) is 0 Å². The van der Waals surface area contributed by atoms with Gasteiger partial charge in [0.25, 0.3) is 0 Å². The van der Waals surface area contributed by atoms with Crippen LogP contribution >= 0.6 is 11.3 Å². The van der Waals surface area contributed by atoms with Crippen molar-refractivity contribution in [1.82, 2.24) is 5.32 Å². The van der Waals surface area contributed by atoms with Crippen molar-refractivity contribution in [2.75, 3.05) is 0 Å². The van der Waals surface area contributed by atoms with Crippen LogP contribution in [0.1, 0.15) is 28.6 Å². The molecule has 2 N–H and O–H groups in total. The lowest BCUT2D eigenvalue weighted by Crippen LogP contribution is -2.27. The van der Waals surface area contributed by atoms with Crippen LogP contribution in [0.4, 0.5) is 0 Å². The first-order valence-corrected chi connectivity index (χ1v) is 6.64. The first-order chi connectivity index (χ1) is 8.65. The van der Waals surface area contributed by atoms with Crippen molar-refractivity contribution in [3.63, 3.8) is 0 Å². The summed E-state index contributed by atoms with van der Waals surface area (Å²) in [6, 6.07) is 3.98. The van der Waals surface area contributed by atoms with Gasteiger partial charge in [-0.2, -0.15) is 11.3 Å². The van der Waals surface area contributed by atoms with Gasteiger partial charge in [0, 0.05) is 6.04 Å². The lowest BCUT2D eigenvalue weighted by molar-refractivity contribution is 0.0696. The normalized spacial score (nSPS) is 12.5. The third kappa shape index (κ3) is 3.45. The fourth-order valence-corrected chi connectivity index (χ4v) is 2.38. The molecule has 0 aliphatic rings. The number of hydrogen-bond acceptors (Lipinski definition) is 4. The van der Waals surface area contributed by atoms with Crippen LogP contribution in [-0.4, -0.2) is 17.1 Å². The van der Waals surface area contributed by atoms with E-state index in [2.05, 4.69) is 29.1 Å². The van der Waals surface area contributed by atoms with Crippen molar-refractivity contribution in [3.8, 4) is 0 Å². The largest absolute Gasteiger partial charge is 0.478 e. The summed E-state index contributed by atoms with van der Waals surface area (Å²) in [5.74, 6) is -0.319. The van der Waals surface area contributed by atoms with Gasteiger partial charge in [-0.3, -0.25) is 0 Å². The predicted molar refractivity (Wildman–Crippen MR) is 70.0 cm³/mol. The minimum atomic E-state index is -0.962. The quantitative estimate of drug-likeness (QED) is 0.843. The van der Waals surface area contributed by atoms with Crippen LogP contribution in [-0.2, 0) is 13.0 Å². The topological polar surface area (TPSA) is 62.5 Å². The second kappa shape index (κ2) is 5.84. The fraction of sp³-hybridized carbons (Fsp3) is 0.308. The van der Waals surface area contributed by atoms with Crippen molar-refractivity contribution in [1.29, 1.82) is 0 Å². The molecule has 0 radical (unpaired) electrons. The van der Waals surface area contributed by atoms with Crippen molar-refractivity contribution in [2.24, 2.45) is 0 Å². The average molecular weight is 265 g/mol. The zero-order valence-corrected chi connectivity index (χ0v) is 10.9. The van der Waals surface area contributed by atoms with E-state index in [1.165, 1.54) is 11.8 Å². The maximum Gasteiger partial charge on any atom is 0.338 e. The van der Waals surface area contributed by atoms with E-state index in [0.717, 1.165) is 6.42 Å². The van der Waals surface area contributed by atoms with Crippen molar-refractivity contribution in [3.05, 3.63) is 46.0 Å². The number of aromatic carboxylic acids is 1. The third-order valence-corrected chi connectivity index (χ3v) is 3.38. The highest BCUT2D eigenvalue weighted by molar-refractivity contribution is 7.07. The maximum absolute atomic E-state index is 10.7. The van der Waals surface area contributed by atoms with E-state index in [9.17, 15) is 4.79 Å². The van der Waals surface area contributed by atoms with Gasteiger partial charge >= 0.3 is 5.97 Å². The first-order valence-electron chi connectivity index (χ1n) is 5.70. The van der Waals surface area contributed by atoms with Gasteiger partial charge < -0.3 is 14.8 Å². The molecular weight excluding hydrogens is 250 g/mol. The number of carboxylic acids is 1. The maximum atomic E-state index is 10.7. The summed E-state index contributed by atoms with van der Waals surface area (Å²) < 4.78 is 5.17. The molecule has 0 saturated heterocycles. The van der Waals surface area contributed by atoms with Gasteiger partial charge in [0.2, 0.25) is 0 Å².